The summed E-state index contributed by atoms with van der Waals surface area (Å²) in [7, 11) is 9.87. The number of rotatable bonds is 0. The van der Waals surface area contributed by atoms with Gasteiger partial charge in [-0.25, -0.2) is 0 Å². The van der Waals surface area contributed by atoms with Gasteiger partial charge in [0, 0.05) is 19.5 Å². The zero-order chi connectivity index (χ0) is 2.71. The molecule has 0 spiro atoms. The van der Waals surface area contributed by atoms with Crippen molar-refractivity contribution < 1.29 is 19.5 Å². The minimum Gasteiger partial charge on any atom is 0 e. The van der Waals surface area contributed by atoms with Crippen molar-refractivity contribution in [3.05, 3.63) is 0 Å². The normalized spacial score (nSPS) is 4.50. The van der Waals surface area contributed by atoms with Crippen molar-refractivity contribution in [1.29, 1.82) is 0 Å². The van der Waals surface area contributed by atoms with E-state index in [1.165, 1.54) is 0 Å². The molecular weight excluding hydrogens is 255 g/mol. The van der Waals surface area contributed by atoms with Crippen LogP contribution in [0.5, 0.6) is 0 Å². The summed E-state index contributed by atoms with van der Waals surface area (Å²) in [4.78, 5) is 0. The van der Waals surface area contributed by atoms with Gasteiger partial charge in [-0.05, 0) is 0 Å². The van der Waals surface area contributed by atoms with Crippen molar-refractivity contribution in [3.8, 4) is 0 Å². The molecule has 0 aromatic rings. The molecule has 0 bridgehead atoms. The summed E-state index contributed by atoms with van der Waals surface area (Å²) < 4.78 is 0. The summed E-state index contributed by atoms with van der Waals surface area (Å²) >= 11 is -0.826. The van der Waals surface area contributed by atoms with Crippen LogP contribution < -0.4 is 0 Å². The average Bonchev–Trinajstić information content (AvgIpc) is 0.918. The third kappa shape index (κ3) is 9.00. The van der Waals surface area contributed by atoms with Crippen LogP contribution >= 0.6 is 17.8 Å². The van der Waals surface area contributed by atoms with Gasteiger partial charge in [-0.3, -0.25) is 0 Å². The largest absolute Gasteiger partial charge is 0 e. The molecule has 4 heavy (non-hydrogen) atoms. The SMILES string of the molecule is [Cl][Sn][Cl].[Zn]. The minimum atomic E-state index is -0.826. The van der Waals surface area contributed by atoms with Crippen molar-refractivity contribution >= 4 is 36.7 Å². The van der Waals surface area contributed by atoms with Crippen LogP contribution in [0.2, 0.25) is 0 Å². The Morgan fingerprint density at radius 3 is 1.25 bits per heavy atom. The molecule has 0 aromatic heterocycles. The Kier molecular flexibility index (Phi) is 20.8. The first-order valence-corrected chi connectivity index (χ1v) is 7.61. The van der Waals surface area contributed by atoms with E-state index >= 15 is 0 Å². The van der Waals surface area contributed by atoms with Crippen LogP contribution in [0, 0.1) is 0 Å². The molecule has 0 amide bonds. The monoisotopic (exact) mass is 254 g/mol. The summed E-state index contributed by atoms with van der Waals surface area (Å²) in [5.74, 6) is 0. The van der Waals surface area contributed by atoms with Crippen LogP contribution in [0.25, 0.3) is 0 Å². The van der Waals surface area contributed by atoms with Crippen LogP contribution in [0.15, 0.2) is 0 Å². The van der Waals surface area contributed by atoms with E-state index in [-0.39, 0.29) is 19.5 Å². The molecule has 4 heteroatoms. The van der Waals surface area contributed by atoms with Crippen LogP contribution in [0.3, 0.4) is 0 Å². The number of hydrogen-bond acceptors (Lipinski definition) is 0. The van der Waals surface area contributed by atoms with E-state index in [2.05, 4.69) is 0 Å². The van der Waals surface area contributed by atoms with Gasteiger partial charge >= 0.3 is 36.7 Å². The van der Waals surface area contributed by atoms with Gasteiger partial charge < -0.3 is 0 Å². The second kappa shape index (κ2) is 8.89. The molecule has 0 aliphatic carbocycles. The first-order chi connectivity index (χ1) is 1.41. The van der Waals surface area contributed by atoms with Crippen molar-refractivity contribution in [3.63, 3.8) is 0 Å². The van der Waals surface area contributed by atoms with E-state index in [1.54, 1.807) is 0 Å². The van der Waals surface area contributed by atoms with Crippen LogP contribution in [-0.2, 0) is 19.5 Å². The fourth-order valence-electron chi connectivity index (χ4n) is 0. The smallest absolute Gasteiger partial charge is 0 e. The molecule has 0 aliphatic rings. The maximum atomic E-state index is 4.93. The van der Waals surface area contributed by atoms with E-state index < -0.39 is 18.9 Å². The Morgan fingerprint density at radius 1 is 1.25 bits per heavy atom. The molecule has 0 aromatic carbocycles. The molecule has 0 saturated heterocycles. The van der Waals surface area contributed by atoms with Gasteiger partial charge in [0.1, 0.15) is 0 Å². The molecule has 0 saturated carbocycles. The average molecular weight is 255 g/mol. The molecule has 0 N–H and O–H groups in total. The number of hydrogen-bond donors (Lipinski definition) is 0. The van der Waals surface area contributed by atoms with E-state index in [4.69, 9.17) is 17.8 Å². The Hall–Kier alpha value is 2.00. The topological polar surface area (TPSA) is 0 Å². The second-order valence-electron chi connectivity index (χ2n) is 0.0714. The van der Waals surface area contributed by atoms with Crippen molar-refractivity contribution in [2.45, 2.75) is 0 Å². The standard InChI is InChI=1S/2ClH.Sn.Zn/h2*1H;;/q;;+2;/p-2. The van der Waals surface area contributed by atoms with Crippen molar-refractivity contribution in [2.75, 3.05) is 0 Å². The molecule has 0 unspecified atom stereocenters. The Balaban J connectivity index is 0. The first kappa shape index (κ1) is 9.38. The zero-order valence-electron chi connectivity index (χ0n) is 1.96. The zero-order valence-corrected chi connectivity index (χ0v) is 9.30. The summed E-state index contributed by atoms with van der Waals surface area (Å²) in [6, 6.07) is 0. The fraction of sp³-hybridized carbons (Fsp3) is 0. The van der Waals surface area contributed by atoms with Crippen LogP contribution in [-0.4, -0.2) is 18.9 Å². The third-order valence-corrected chi connectivity index (χ3v) is 0. The molecule has 0 heterocycles. The molecule has 20 valence electrons. The number of halogens is 2. The fourth-order valence-corrected chi connectivity index (χ4v) is 0. The molecular formula is Cl2SnZn. The van der Waals surface area contributed by atoms with Gasteiger partial charge in [0.25, 0.3) is 0 Å². The maximum Gasteiger partial charge on any atom is 0 e. The van der Waals surface area contributed by atoms with Gasteiger partial charge in [-0.2, -0.15) is 0 Å². The first-order valence-electron chi connectivity index (χ1n) is 0.378. The minimum absolute atomic E-state index is 0. The van der Waals surface area contributed by atoms with Gasteiger partial charge in [0.15, 0.2) is 0 Å². The van der Waals surface area contributed by atoms with E-state index in [0.29, 0.717) is 0 Å². The third-order valence-electron chi connectivity index (χ3n) is 0. The second-order valence-corrected chi connectivity index (χ2v) is 4.31. The molecule has 2 radical (unpaired) electrons. The summed E-state index contributed by atoms with van der Waals surface area (Å²) in [6.45, 7) is 0. The van der Waals surface area contributed by atoms with Gasteiger partial charge in [0.05, 0.1) is 0 Å². The van der Waals surface area contributed by atoms with Gasteiger partial charge in [-0.15, -0.1) is 0 Å². The Labute approximate surface area is 55.6 Å². The van der Waals surface area contributed by atoms with E-state index in [0.717, 1.165) is 0 Å². The maximum absolute atomic E-state index is 4.93. The summed E-state index contributed by atoms with van der Waals surface area (Å²) in [6.07, 6.45) is 0. The quantitative estimate of drug-likeness (QED) is 0.566. The molecule has 0 atom stereocenters. The molecule has 0 rings (SSSR count). The van der Waals surface area contributed by atoms with E-state index in [1.807, 2.05) is 0 Å². The van der Waals surface area contributed by atoms with E-state index in [9.17, 15) is 0 Å². The van der Waals surface area contributed by atoms with Crippen molar-refractivity contribution in [1.82, 2.24) is 0 Å². The van der Waals surface area contributed by atoms with Crippen molar-refractivity contribution in [2.24, 2.45) is 0 Å². The predicted molar refractivity (Wildman–Crippen MR) is 17.5 cm³/mol. The Bertz CT molecular complexity index is 6.00. The Morgan fingerprint density at radius 2 is 1.25 bits per heavy atom. The molecule has 0 fully saturated rings. The summed E-state index contributed by atoms with van der Waals surface area (Å²) in [5.41, 5.74) is 0. The van der Waals surface area contributed by atoms with Gasteiger partial charge in [-0.1, -0.05) is 0 Å². The predicted octanol–water partition coefficient (Wildman–Crippen LogP) is 0.996. The van der Waals surface area contributed by atoms with Crippen LogP contribution in [0.1, 0.15) is 0 Å². The molecule has 0 aliphatic heterocycles. The molecule has 0 nitrogen and oxygen atoms in total. The summed E-state index contributed by atoms with van der Waals surface area (Å²) in [5, 5.41) is 0. The van der Waals surface area contributed by atoms with Gasteiger partial charge in [0.2, 0.25) is 0 Å². The van der Waals surface area contributed by atoms with Crippen LogP contribution in [0.4, 0.5) is 0 Å².